The van der Waals surface area contributed by atoms with Gasteiger partial charge in [0.2, 0.25) is 0 Å². The molecule has 20 heavy (non-hydrogen) atoms. The average molecular weight is 338 g/mol. The molecule has 1 aliphatic rings. The van der Waals surface area contributed by atoms with Crippen LogP contribution in [0.5, 0.6) is 0 Å². The number of carbonyl (C=O) groups is 2. The standard InChI is InChI=1S/C16H20BrNO2/c1-3-12-4-5-14-13(10-12)15(19)16(20)18(14)9-7-11(2)6-8-17/h4-5,10-11H,3,6-9H2,1-2H3. The molecular weight excluding hydrogens is 318 g/mol. The Morgan fingerprint density at radius 3 is 2.65 bits per heavy atom. The summed E-state index contributed by atoms with van der Waals surface area (Å²) in [4.78, 5) is 25.8. The van der Waals surface area contributed by atoms with Crippen molar-refractivity contribution in [2.45, 2.75) is 33.1 Å². The van der Waals surface area contributed by atoms with Crippen LogP contribution < -0.4 is 4.90 Å². The fraction of sp³-hybridized carbons (Fsp3) is 0.500. The number of amides is 1. The van der Waals surface area contributed by atoms with Crippen LogP contribution in [0.15, 0.2) is 18.2 Å². The SMILES string of the molecule is CCc1ccc2c(c1)C(=O)C(=O)N2CCC(C)CCBr. The average Bonchev–Trinajstić information content (AvgIpc) is 2.69. The third-order valence-electron chi connectivity index (χ3n) is 3.89. The predicted octanol–water partition coefficient (Wildman–Crippen LogP) is 3.59. The lowest BCUT2D eigenvalue weighted by Gasteiger charge is -2.19. The van der Waals surface area contributed by atoms with Gasteiger partial charge < -0.3 is 4.90 Å². The highest BCUT2D eigenvalue weighted by atomic mass is 79.9. The van der Waals surface area contributed by atoms with E-state index in [-0.39, 0.29) is 11.7 Å². The van der Waals surface area contributed by atoms with E-state index in [1.165, 1.54) is 0 Å². The molecule has 0 bridgehead atoms. The van der Waals surface area contributed by atoms with Gasteiger partial charge in [-0.1, -0.05) is 35.8 Å². The van der Waals surface area contributed by atoms with Crippen molar-refractivity contribution < 1.29 is 9.59 Å². The second-order valence-electron chi connectivity index (χ2n) is 5.36. The van der Waals surface area contributed by atoms with Gasteiger partial charge in [-0.15, -0.1) is 0 Å². The van der Waals surface area contributed by atoms with Gasteiger partial charge in [0.25, 0.3) is 11.7 Å². The first-order chi connectivity index (χ1) is 9.58. The van der Waals surface area contributed by atoms with Crippen LogP contribution in [0.3, 0.4) is 0 Å². The Labute approximate surface area is 128 Å². The lowest BCUT2D eigenvalue weighted by molar-refractivity contribution is -0.114. The van der Waals surface area contributed by atoms with Crippen LogP contribution >= 0.6 is 15.9 Å². The Kier molecular flexibility index (Phi) is 4.97. The van der Waals surface area contributed by atoms with Gasteiger partial charge in [0, 0.05) is 11.9 Å². The molecule has 0 fully saturated rings. The highest BCUT2D eigenvalue weighted by Gasteiger charge is 2.35. The Balaban J connectivity index is 2.16. The number of aryl methyl sites for hydroxylation is 1. The van der Waals surface area contributed by atoms with Crippen molar-refractivity contribution in [1.29, 1.82) is 0 Å². The van der Waals surface area contributed by atoms with E-state index in [4.69, 9.17) is 0 Å². The van der Waals surface area contributed by atoms with Gasteiger partial charge in [-0.25, -0.2) is 0 Å². The molecule has 0 N–H and O–H groups in total. The van der Waals surface area contributed by atoms with Gasteiger partial charge in [-0.2, -0.15) is 0 Å². The minimum atomic E-state index is -0.376. The molecular formula is C16H20BrNO2. The number of fused-ring (bicyclic) bond motifs is 1. The van der Waals surface area contributed by atoms with Crippen LogP contribution in [-0.4, -0.2) is 23.6 Å². The first-order valence-electron chi connectivity index (χ1n) is 7.13. The molecule has 0 aliphatic carbocycles. The third kappa shape index (κ3) is 2.95. The summed E-state index contributed by atoms with van der Waals surface area (Å²) in [5.74, 6) is -0.195. The number of ketones is 1. The molecule has 0 spiro atoms. The number of halogens is 1. The summed E-state index contributed by atoms with van der Waals surface area (Å²) in [5, 5.41) is 0.970. The first-order valence-corrected chi connectivity index (χ1v) is 8.25. The van der Waals surface area contributed by atoms with E-state index in [1.807, 2.05) is 25.1 Å². The highest BCUT2D eigenvalue weighted by molar-refractivity contribution is 9.09. The Hall–Kier alpha value is -1.16. The number of anilines is 1. The fourth-order valence-corrected chi connectivity index (χ4v) is 3.25. The fourth-order valence-electron chi connectivity index (χ4n) is 2.47. The zero-order valence-electron chi connectivity index (χ0n) is 12.0. The van der Waals surface area contributed by atoms with Crippen LogP contribution in [0.2, 0.25) is 0 Å². The second kappa shape index (κ2) is 6.53. The van der Waals surface area contributed by atoms with Crippen molar-refractivity contribution in [3.63, 3.8) is 0 Å². The van der Waals surface area contributed by atoms with Crippen LogP contribution in [0.25, 0.3) is 0 Å². The zero-order valence-corrected chi connectivity index (χ0v) is 13.6. The van der Waals surface area contributed by atoms with Gasteiger partial charge >= 0.3 is 0 Å². The van der Waals surface area contributed by atoms with Crippen molar-refractivity contribution in [3.05, 3.63) is 29.3 Å². The van der Waals surface area contributed by atoms with E-state index in [0.29, 0.717) is 18.0 Å². The largest absolute Gasteiger partial charge is 0.305 e. The maximum atomic E-state index is 12.1. The molecule has 1 heterocycles. The van der Waals surface area contributed by atoms with Gasteiger partial charge in [0.1, 0.15) is 0 Å². The molecule has 2 rings (SSSR count). The third-order valence-corrected chi connectivity index (χ3v) is 4.35. The molecule has 1 unspecified atom stereocenters. The molecule has 1 atom stereocenters. The molecule has 0 radical (unpaired) electrons. The lowest BCUT2D eigenvalue weighted by atomic mass is 10.0. The van der Waals surface area contributed by atoms with Gasteiger partial charge in [-0.3, -0.25) is 9.59 Å². The van der Waals surface area contributed by atoms with E-state index >= 15 is 0 Å². The molecule has 1 aromatic carbocycles. The predicted molar refractivity (Wildman–Crippen MR) is 84.7 cm³/mol. The maximum Gasteiger partial charge on any atom is 0.299 e. The molecule has 108 valence electrons. The number of rotatable bonds is 6. The second-order valence-corrected chi connectivity index (χ2v) is 6.16. The van der Waals surface area contributed by atoms with Gasteiger partial charge in [0.15, 0.2) is 0 Å². The lowest BCUT2D eigenvalue weighted by Crippen LogP contribution is -2.31. The summed E-state index contributed by atoms with van der Waals surface area (Å²) in [6.45, 7) is 4.84. The zero-order chi connectivity index (χ0) is 14.7. The highest BCUT2D eigenvalue weighted by Crippen LogP contribution is 2.30. The molecule has 1 aromatic rings. The molecule has 1 amide bonds. The van der Waals surface area contributed by atoms with E-state index < -0.39 is 0 Å². The van der Waals surface area contributed by atoms with Crippen molar-refractivity contribution in [2.24, 2.45) is 5.92 Å². The van der Waals surface area contributed by atoms with E-state index in [1.54, 1.807) is 4.90 Å². The molecule has 0 aromatic heterocycles. The monoisotopic (exact) mass is 337 g/mol. The van der Waals surface area contributed by atoms with Gasteiger partial charge in [0.05, 0.1) is 11.3 Å². The Morgan fingerprint density at radius 2 is 2.00 bits per heavy atom. The molecule has 1 aliphatic heterocycles. The topological polar surface area (TPSA) is 37.4 Å². The molecule has 4 heteroatoms. The number of nitrogens with zero attached hydrogens (tertiary/aromatic N) is 1. The maximum absolute atomic E-state index is 12.1. The Bertz CT molecular complexity index is 527. The minimum absolute atomic E-state index is 0.358. The quantitative estimate of drug-likeness (QED) is 0.587. The van der Waals surface area contributed by atoms with Crippen molar-refractivity contribution >= 4 is 33.3 Å². The van der Waals surface area contributed by atoms with E-state index in [0.717, 1.165) is 35.8 Å². The van der Waals surface area contributed by atoms with Crippen molar-refractivity contribution in [2.75, 3.05) is 16.8 Å². The first kappa shape index (κ1) is 15.2. The summed E-state index contributed by atoms with van der Waals surface area (Å²) >= 11 is 3.43. The van der Waals surface area contributed by atoms with Crippen molar-refractivity contribution in [1.82, 2.24) is 0 Å². The van der Waals surface area contributed by atoms with E-state index in [9.17, 15) is 9.59 Å². The molecule has 0 saturated heterocycles. The summed E-state index contributed by atoms with van der Waals surface area (Å²) < 4.78 is 0. The summed E-state index contributed by atoms with van der Waals surface area (Å²) in [7, 11) is 0. The van der Waals surface area contributed by atoms with Crippen molar-refractivity contribution in [3.8, 4) is 0 Å². The number of carbonyl (C=O) groups excluding carboxylic acids is 2. The van der Waals surface area contributed by atoms with Crippen LogP contribution in [0.1, 0.15) is 42.6 Å². The van der Waals surface area contributed by atoms with Gasteiger partial charge in [-0.05, 0) is 42.9 Å². The summed E-state index contributed by atoms with van der Waals surface area (Å²) in [6, 6.07) is 5.77. The number of alkyl halides is 1. The van der Waals surface area contributed by atoms with E-state index in [2.05, 4.69) is 22.9 Å². The number of hydrogen-bond donors (Lipinski definition) is 0. The Morgan fingerprint density at radius 1 is 1.25 bits per heavy atom. The minimum Gasteiger partial charge on any atom is -0.305 e. The normalized spacial score (nSPS) is 15.7. The number of Topliss-reactive ketones (excluding diaryl/α,β-unsaturated/α-hetero) is 1. The smallest absolute Gasteiger partial charge is 0.299 e. The van der Waals surface area contributed by atoms with Crippen LogP contribution in [-0.2, 0) is 11.2 Å². The van der Waals surface area contributed by atoms with Crippen LogP contribution in [0.4, 0.5) is 5.69 Å². The number of hydrogen-bond acceptors (Lipinski definition) is 2. The van der Waals surface area contributed by atoms with Crippen LogP contribution in [0, 0.1) is 5.92 Å². The number of benzene rings is 1. The summed E-state index contributed by atoms with van der Waals surface area (Å²) in [6.07, 6.45) is 2.87. The molecule has 3 nitrogen and oxygen atoms in total. The summed E-state index contributed by atoms with van der Waals surface area (Å²) in [5.41, 5.74) is 2.45. The molecule has 0 saturated carbocycles.